The normalized spacial score (nSPS) is 13.8. The van der Waals surface area contributed by atoms with Gasteiger partial charge in [0.15, 0.2) is 11.6 Å². The maximum Gasteiger partial charge on any atom is 0.234 e. The summed E-state index contributed by atoms with van der Waals surface area (Å²) >= 11 is 3.36. The first-order valence-electron chi connectivity index (χ1n) is 12.4. The molecule has 196 valence electrons. The van der Waals surface area contributed by atoms with Crippen molar-refractivity contribution in [3.05, 3.63) is 87.2 Å². The first-order valence-corrected chi connectivity index (χ1v) is 13.1. The van der Waals surface area contributed by atoms with E-state index in [4.69, 9.17) is 4.74 Å². The second-order valence-electron chi connectivity index (χ2n) is 9.51. The minimum absolute atomic E-state index is 0.135. The Kier molecular flexibility index (Phi) is 7.53. The molecule has 1 aliphatic rings. The van der Waals surface area contributed by atoms with E-state index in [2.05, 4.69) is 31.0 Å². The van der Waals surface area contributed by atoms with E-state index < -0.39 is 11.9 Å². The molecule has 4 aromatic rings. The molecule has 1 aromatic carbocycles. The first kappa shape index (κ1) is 26.0. The second-order valence-corrected chi connectivity index (χ2v) is 10.4. The van der Waals surface area contributed by atoms with E-state index in [-0.39, 0.29) is 5.82 Å². The third kappa shape index (κ3) is 5.46. The Morgan fingerprint density at radius 1 is 1.29 bits per heavy atom. The highest BCUT2D eigenvalue weighted by Gasteiger charge is 2.26. The molecule has 1 aliphatic carbocycles. The van der Waals surface area contributed by atoms with Gasteiger partial charge in [-0.25, -0.2) is 19.5 Å². The van der Waals surface area contributed by atoms with Crippen LogP contribution in [0.5, 0.6) is 5.75 Å². The van der Waals surface area contributed by atoms with Crippen LogP contribution in [0.3, 0.4) is 0 Å². The zero-order valence-electron chi connectivity index (χ0n) is 21.0. The summed E-state index contributed by atoms with van der Waals surface area (Å²) in [5.74, 6) is 0.663. The van der Waals surface area contributed by atoms with Crippen molar-refractivity contribution in [2.24, 2.45) is 5.92 Å². The predicted molar refractivity (Wildman–Crippen MR) is 144 cm³/mol. The van der Waals surface area contributed by atoms with E-state index in [0.717, 1.165) is 35.3 Å². The van der Waals surface area contributed by atoms with Crippen LogP contribution < -0.4 is 10.2 Å². The SMILES string of the molecule is Cc1c(CC2CC2)nn(C=O)c1Cc1cccnc1-c1ccc(F)cc1[C@@H](C)Oc1cc(Br)cnc1NO. The number of hydrogen-bond acceptors (Lipinski definition) is 7. The highest BCUT2D eigenvalue weighted by molar-refractivity contribution is 9.10. The topological polar surface area (TPSA) is 102 Å². The van der Waals surface area contributed by atoms with Crippen LogP contribution >= 0.6 is 15.9 Å². The van der Waals surface area contributed by atoms with Crippen molar-refractivity contribution in [3.8, 4) is 17.0 Å². The average Bonchev–Trinajstić information content (AvgIpc) is 3.69. The van der Waals surface area contributed by atoms with E-state index in [9.17, 15) is 14.4 Å². The lowest BCUT2D eigenvalue weighted by Gasteiger charge is -2.21. The highest BCUT2D eigenvalue weighted by atomic mass is 79.9. The molecule has 8 nitrogen and oxygen atoms in total. The number of carbonyl (C=O) groups excluding carboxylic acids is 1. The molecule has 38 heavy (non-hydrogen) atoms. The van der Waals surface area contributed by atoms with Crippen molar-refractivity contribution in [1.82, 2.24) is 19.7 Å². The zero-order valence-corrected chi connectivity index (χ0v) is 22.6. The molecule has 0 radical (unpaired) electrons. The summed E-state index contributed by atoms with van der Waals surface area (Å²) in [4.78, 5) is 20.6. The smallest absolute Gasteiger partial charge is 0.234 e. The number of halogens is 2. The minimum Gasteiger partial charge on any atom is -0.482 e. The third-order valence-corrected chi connectivity index (χ3v) is 7.27. The molecule has 1 atom stereocenters. The van der Waals surface area contributed by atoms with E-state index in [1.807, 2.05) is 24.5 Å². The Morgan fingerprint density at radius 2 is 2.11 bits per heavy atom. The number of aromatic nitrogens is 4. The van der Waals surface area contributed by atoms with Gasteiger partial charge in [-0.15, -0.1) is 0 Å². The summed E-state index contributed by atoms with van der Waals surface area (Å²) in [5, 5.41) is 14.0. The average molecular weight is 580 g/mol. The Labute approximate surface area is 228 Å². The predicted octanol–water partition coefficient (Wildman–Crippen LogP) is 6.07. The largest absolute Gasteiger partial charge is 0.482 e. The van der Waals surface area contributed by atoms with E-state index in [1.54, 1.807) is 25.3 Å². The molecule has 0 amide bonds. The Hall–Kier alpha value is -3.63. The number of ether oxygens (including phenoxy) is 1. The molecule has 0 bridgehead atoms. The lowest BCUT2D eigenvalue weighted by molar-refractivity contribution is 0.225. The molecular formula is C28H27BrFN5O3. The quantitative estimate of drug-likeness (QED) is 0.173. The molecule has 1 saturated carbocycles. The molecule has 3 aromatic heterocycles. The van der Waals surface area contributed by atoms with Crippen molar-refractivity contribution >= 4 is 28.2 Å². The number of nitrogens with one attached hydrogen (secondary N) is 1. The molecule has 2 N–H and O–H groups in total. The van der Waals surface area contributed by atoms with Gasteiger partial charge in [0, 0.05) is 34.4 Å². The first-order chi connectivity index (χ1) is 18.4. The number of rotatable bonds is 10. The minimum atomic E-state index is -0.619. The summed E-state index contributed by atoms with van der Waals surface area (Å²) in [7, 11) is 0. The fraction of sp³-hybridized carbons (Fsp3) is 0.286. The van der Waals surface area contributed by atoms with Crippen molar-refractivity contribution < 1.29 is 19.1 Å². The Balaban J connectivity index is 1.52. The number of nitrogens with zero attached hydrogens (tertiary/aromatic N) is 4. The summed E-state index contributed by atoms with van der Waals surface area (Å²) in [6, 6.07) is 9.95. The fourth-order valence-electron chi connectivity index (χ4n) is 4.63. The molecular weight excluding hydrogens is 553 g/mol. The molecule has 0 spiro atoms. The summed E-state index contributed by atoms with van der Waals surface area (Å²) in [6.45, 7) is 3.80. The number of pyridine rings is 2. The van der Waals surface area contributed by atoms with Gasteiger partial charge in [0.25, 0.3) is 0 Å². The van der Waals surface area contributed by atoms with Crippen LogP contribution in [-0.2, 0) is 17.6 Å². The van der Waals surface area contributed by atoms with Gasteiger partial charge in [-0.1, -0.05) is 6.07 Å². The van der Waals surface area contributed by atoms with Crippen molar-refractivity contribution in [1.29, 1.82) is 0 Å². The summed E-state index contributed by atoms with van der Waals surface area (Å²) in [6.07, 6.45) is 7.05. The number of anilines is 1. The number of hydrogen-bond donors (Lipinski definition) is 2. The molecule has 10 heteroatoms. The lowest BCUT2D eigenvalue weighted by Crippen LogP contribution is -2.10. The maximum absolute atomic E-state index is 14.5. The summed E-state index contributed by atoms with van der Waals surface area (Å²) in [5.41, 5.74) is 7.62. The van der Waals surface area contributed by atoms with E-state index >= 15 is 0 Å². The Morgan fingerprint density at radius 3 is 2.84 bits per heavy atom. The molecule has 0 unspecified atom stereocenters. The standard InChI is InChI=1S/C28H27BrFN5O3/c1-16-24(10-18-5-6-18)33-35(15-36)25(16)11-19-4-3-9-31-27(19)22-8-7-21(30)13-23(22)17(2)38-26-12-20(29)14-32-28(26)34-37/h3-4,7-9,12-15,17-18,37H,5-6,10-11H2,1-2H3,(H,32,34)/t17-/m1/s1. The van der Waals surface area contributed by atoms with Gasteiger partial charge < -0.3 is 4.74 Å². The molecule has 5 rings (SSSR count). The van der Waals surface area contributed by atoms with Crippen LogP contribution in [0.15, 0.2) is 53.3 Å². The summed E-state index contributed by atoms with van der Waals surface area (Å²) < 4.78 is 22.7. The van der Waals surface area contributed by atoms with Crippen molar-refractivity contribution in [3.63, 3.8) is 0 Å². The maximum atomic E-state index is 14.5. The van der Waals surface area contributed by atoms with Gasteiger partial charge in [-0.3, -0.25) is 15.0 Å². The van der Waals surface area contributed by atoms with Gasteiger partial charge >= 0.3 is 0 Å². The van der Waals surface area contributed by atoms with Crippen LogP contribution in [0.4, 0.5) is 10.2 Å². The zero-order chi connectivity index (χ0) is 26.8. The van der Waals surface area contributed by atoms with Gasteiger partial charge in [0.2, 0.25) is 6.41 Å². The molecule has 0 aliphatic heterocycles. The van der Waals surface area contributed by atoms with Crippen LogP contribution in [0.2, 0.25) is 0 Å². The Bertz CT molecular complexity index is 1490. The van der Waals surface area contributed by atoms with Gasteiger partial charge in [0.05, 0.1) is 17.1 Å². The van der Waals surface area contributed by atoms with Crippen molar-refractivity contribution in [2.45, 2.75) is 45.6 Å². The van der Waals surface area contributed by atoms with Gasteiger partial charge in [-0.2, -0.15) is 5.10 Å². The van der Waals surface area contributed by atoms with E-state index in [0.29, 0.717) is 39.4 Å². The number of carbonyl (C=O) groups is 1. The number of benzene rings is 1. The van der Waals surface area contributed by atoms with Crippen molar-refractivity contribution in [2.75, 3.05) is 5.48 Å². The molecule has 0 saturated heterocycles. The molecule has 3 heterocycles. The lowest BCUT2D eigenvalue weighted by atomic mass is 9.94. The molecule has 1 fully saturated rings. The second kappa shape index (κ2) is 11.0. The van der Waals surface area contributed by atoms with Gasteiger partial charge in [0.1, 0.15) is 11.9 Å². The van der Waals surface area contributed by atoms with Crippen LogP contribution in [0, 0.1) is 18.7 Å². The fourth-order valence-corrected chi connectivity index (χ4v) is 4.94. The van der Waals surface area contributed by atoms with Gasteiger partial charge in [-0.05, 0) is 96.4 Å². The van der Waals surface area contributed by atoms with Crippen LogP contribution in [0.1, 0.15) is 53.9 Å². The van der Waals surface area contributed by atoms with E-state index in [1.165, 1.54) is 35.9 Å². The monoisotopic (exact) mass is 579 g/mol. The van der Waals surface area contributed by atoms with Crippen LogP contribution in [0.25, 0.3) is 11.3 Å². The third-order valence-electron chi connectivity index (χ3n) is 6.83. The van der Waals surface area contributed by atoms with Crippen LogP contribution in [-0.4, -0.2) is 31.4 Å². The highest BCUT2D eigenvalue weighted by Crippen LogP contribution is 2.37.